The molecule has 0 amide bonds. The summed E-state index contributed by atoms with van der Waals surface area (Å²) in [6.07, 6.45) is 5.07. The van der Waals surface area contributed by atoms with Crippen LogP contribution in [0.5, 0.6) is 0 Å². The zero-order valence-corrected chi connectivity index (χ0v) is 11.5. The summed E-state index contributed by atoms with van der Waals surface area (Å²) in [5, 5.41) is 3.34. The van der Waals surface area contributed by atoms with Gasteiger partial charge in [-0.05, 0) is 56.3 Å². The standard InChI is InChI=1S/C16H22FNO/c1-18-11-16(8-9-19-15(16)13-4-5-13)10-12-2-6-14(17)7-3-12/h2-3,6-7,13,15,18H,4-5,8-11H2,1H3. The first-order valence-corrected chi connectivity index (χ1v) is 7.24. The molecule has 19 heavy (non-hydrogen) atoms. The van der Waals surface area contributed by atoms with E-state index in [2.05, 4.69) is 5.32 Å². The highest BCUT2D eigenvalue weighted by molar-refractivity contribution is 5.19. The van der Waals surface area contributed by atoms with Crippen LogP contribution < -0.4 is 5.32 Å². The predicted molar refractivity (Wildman–Crippen MR) is 73.5 cm³/mol. The molecule has 1 aliphatic heterocycles. The predicted octanol–water partition coefficient (Wildman–Crippen LogP) is 2.77. The first-order valence-electron chi connectivity index (χ1n) is 7.24. The minimum Gasteiger partial charge on any atom is -0.377 e. The summed E-state index contributed by atoms with van der Waals surface area (Å²) in [6.45, 7) is 1.84. The molecule has 0 spiro atoms. The second kappa shape index (κ2) is 5.22. The monoisotopic (exact) mass is 263 g/mol. The maximum absolute atomic E-state index is 13.0. The average molecular weight is 263 g/mol. The van der Waals surface area contributed by atoms with Crippen molar-refractivity contribution in [2.24, 2.45) is 11.3 Å². The summed E-state index contributed by atoms with van der Waals surface area (Å²) in [4.78, 5) is 0. The molecule has 3 rings (SSSR count). The molecule has 2 aliphatic rings. The topological polar surface area (TPSA) is 21.3 Å². The smallest absolute Gasteiger partial charge is 0.123 e. The first kappa shape index (κ1) is 13.1. The molecule has 3 heteroatoms. The zero-order valence-electron chi connectivity index (χ0n) is 11.5. The Morgan fingerprint density at radius 2 is 2.05 bits per heavy atom. The fourth-order valence-electron chi connectivity index (χ4n) is 3.54. The highest BCUT2D eigenvalue weighted by Crippen LogP contribution is 2.49. The van der Waals surface area contributed by atoms with E-state index in [0.717, 1.165) is 31.9 Å². The van der Waals surface area contributed by atoms with Gasteiger partial charge in [0.1, 0.15) is 5.82 Å². The number of ether oxygens (including phenoxy) is 1. The highest BCUT2D eigenvalue weighted by atomic mass is 19.1. The van der Waals surface area contributed by atoms with E-state index in [1.807, 2.05) is 19.2 Å². The third-order valence-electron chi connectivity index (χ3n) is 4.55. The minimum absolute atomic E-state index is 0.159. The molecule has 2 nitrogen and oxygen atoms in total. The van der Waals surface area contributed by atoms with E-state index in [0.29, 0.717) is 6.10 Å². The van der Waals surface area contributed by atoms with Crippen LogP contribution in [0.3, 0.4) is 0 Å². The maximum atomic E-state index is 13.0. The normalized spacial score (nSPS) is 30.7. The van der Waals surface area contributed by atoms with Gasteiger partial charge in [0.2, 0.25) is 0 Å². The van der Waals surface area contributed by atoms with Gasteiger partial charge in [-0.3, -0.25) is 0 Å². The van der Waals surface area contributed by atoms with Gasteiger partial charge >= 0.3 is 0 Å². The lowest BCUT2D eigenvalue weighted by Gasteiger charge is -2.34. The van der Waals surface area contributed by atoms with Gasteiger partial charge in [0.15, 0.2) is 0 Å². The summed E-state index contributed by atoms with van der Waals surface area (Å²) in [5.41, 5.74) is 1.40. The lowest BCUT2D eigenvalue weighted by molar-refractivity contribution is 0.0314. The molecule has 0 radical (unpaired) electrons. The van der Waals surface area contributed by atoms with Crippen molar-refractivity contribution in [3.63, 3.8) is 0 Å². The number of hydrogen-bond acceptors (Lipinski definition) is 2. The van der Waals surface area contributed by atoms with Gasteiger partial charge in [0.05, 0.1) is 6.10 Å². The van der Waals surface area contributed by atoms with Crippen molar-refractivity contribution in [1.29, 1.82) is 0 Å². The number of benzene rings is 1. The van der Waals surface area contributed by atoms with Crippen molar-refractivity contribution < 1.29 is 9.13 Å². The van der Waals surface area contributed by atoms with Crippen molar-refractivity contribution in [1.82, 2.24) is 5.32 Å². The van der Waals surface area contributed by atoms with Crippen LogP contribution in [0.2, 0.25) is 0 Å². The Morgan fingerprint density at radius 3 is 2.68 bits per heavy atom. The molecule has 1 aromatic carbocycles. The van der Waals surface area contributed by atoms with E-state index < -0.39 is 0 Å². The molecule has 0 aromatic heterocycles. The van der Waals surface area contributed by atoms with Crippen molar-refractivity contribution in [3.8, 4) is 0 Å². The fourth-order valence-corrected chi connectivity index (χ4v) is 3.54. The SMILES string of the molecule is CNCC1(Cc2ccc(F)cc2)CCOC1C1CC1. The Kier molecular flexibility index (Phi) is 3.59. The van der Waals surface area contributed by atoms with E-state index in [4.69, 9.17) is 4.74 Å². The van der Waals surface area contributed by atoms with Crippen LogP contribution in [-0.2, 0) is 11.2 Å². The van der Waals surface area contributed by atoms with Crippen molar-refractivity contribution in [3.05, 3.63) is 35.6 Å². The minimum atomic E-state index is -0.159. The van der Waals surface area contributed by atoms with Crippen molar-refractivity contribution >= 4 is 0 Å². The molecule has 1 heterocycles. The van der Waals surface area contributed by atoms with E-state index in [1.165, 1.54) is 18.4 Å². The lowest BCUT2D eigenvalue weighted by Crippen LogP contribution is -2.42. The van der Waals surface area contributed by atoms with Gasteiger partial charge in [-0.1, -0.05) is 12.1 Å². The van der Waals surface area contributed by atoms with Crippen LogP contribution in [-0.4, -0.2) is 26.3 Å². The molecule has 1 saturated carbocycles. The summed E-state index contributed by atoms with van der Waals surface area (Å²) < 4.78 is 19.0. The van der Waals surface area contributed by atoms with Gasteiger partial charge in [-0.25, -0.2) is 4.39 Å². The number of hydrogen-bond donors (Lipinski definition) is 1. The molecule has 104 valence electrons. The second-order valence-electron chi connectivity index (χ2n) is 6.07. The number of halogens is 1. The lowest BCUT2D eigenvalue weighted by atomic mass is 9.74. The number of rotatable bonds is 5. The van der Waals surface area contributed by atoms with E-state index in [9.17, 15) is 4.39 Å². The highest BCUT2D eigenvalue weighted by Gasteiger charge is 2.50. The molecule has 1 aromatic rings. The molecule has 1 aliphatic carbocycles. The van der Waals surface area contributed by atoms with Gasteiger partial charge in [-0.2, -0.15) is 0 Å². The summed E-state index contributed by atoms with van der Waals surface area (Å²) in [6, 6.07) is 6.94. The average Bonchev–Trinajstić information content (AvgIpc) is 3.16. The molecule has 2 unspecified atom stereocenters. The molecule has 1 saturated heterocycles. The molecule has 2 atom stereocenters. The third-order valence-corrected chi connectivity index (χ3v) is 4.55. The largest absolute Gasteiger partial charge is 0.377 e. The van der Waals surface area contributed by atoms with Crippen LogP contribution in [0.25, 0.3) is 0 Å². The Hall–Kier alpha value is -0.930. The fraction of sp³-hybridized carbons (Fsp3) is 0.625. The van der Waals surface area contributed by atoms with Crippen molar-refractivity contribution in [2.75, 3.05) is 20.2 Å². The van der Waals surface area contributed by atoms with Gasteiger partial charge in [0, 0.05) is 18.6 Å². The van der Waals surface area contributed by atoms with Gasteiger partial charge < -0.3 is 10.1 Å². The van der Waals surface area contributed by atoms with E-state index in [-0.39, 0.29) is 11.2 Å². The maximum Gasteiger partial charge on any atom is 0.123 e. The van der Waals surface area contributed by atoms with Crippen LogP contribution in [0.4, 0.5) is 4.39 Å². The van der Waals surface area contributed by atoms with Crippen molar-refractivity contribution in [2.45, 2.75) is 31.8 Å². The van der Waals surface area contributed by atoms with Crippen LogP contribution in [0.15, 0.2) is 24.3 Å². The van der Waals surface area contributed by atoms with Crippen LogP contribution in [0.1, 0.15) is 24.8 Å². The first-order chi connectivity index (χ1) is 9.23. The number of nitrogens with one attached hydrogen (secondary N) is 1. The second-order valence-corrected chi connectivity index (χ2v) is 6.07. The molecule has 0 bridgehead atoms. The molecular weight excluding hydrogens is 241 g/mol. The molecular formula is C16H22FNO. The Balaban J connectivity index is 1.81. The van der Waals surface area contributed by atoms with Crippen LogP contribution in [0, 0.1) is 17.2 Å². The summed E-state index contributed by atoms with van der Waals surface area (Å²) >= 11 is 0. The molecule has 1 N–H and O–H groups in total. The van der Waals surface area contributed by atoms with E-state index >= 15 is 0 Å². The third kappa shape index (κ3) is 2.67. The van der Waals surface area contributed by atoms with Gasteiger partial charge in [0.25, 0.3) is 0 Å². The summed E-state index contributed by atoms with van der Waals surface area (Å²) in [7, 11) is 2.01. The Morgan fingerprint density at radius 1 is 1.32 bits per heavy atom. The Labute approximate surface area is 114 Å². The Bertz CT molecular complexity index is 429. The summed E-state index contributed by atoms with van der Waals surface area (Å²) in [5.74, 6) is 0.587. The van der Waals surface area contributed by atoms with E-state index in [1.54, 1.807) is 12.1 Å². The quantitative estimate of drug-likeness (QED) is 0.882. The van der Waals surface area contributed by atoms with Gasteiger partial charge in [-0.15, -0.1) is 0 Å². The van der Waals surface area contributed by atoms with Crippen LogP contribution >= 0.6 is 0 Å². The molecule has 2 fully saturated rings. The zero-order chi connectivity index (χ0) is 13.3.